The van der Waals surface area contributed by atoms with Gasteiger partial charge in [0.1, 0.15) is 23.6 Å². The smallest absolute Gasteiger partial charge is 0.146 e. The van der Waals surface area contributed by atoms with Crippen molar-refractivity contribution in [2.45, 2.75) is 13.3 Å². The van der Waals surface area contributed by atoms with Crippen LogP contribution in [-0.4, -0.2) is 28.6 Å². The van der Waals surface area contributed by atoms with E-state index in [9.17, 15) is 0 Å². The highest BCUT2D eigenvalue weighted by Gasteiger charge is 2.08. The van der Waals surface area contributed by atoms with Crippen LogP contribution in [0.25, 0.3) is 11.4 Å². The number of pyridine rings is 1. The molecule has 1 N–H and O–H groups in total. The van der Waals surface area contributed by atoms with E-state index >= 15 is 0 Å². The Hall–Kier alpha value is -2.17. The van der Waals surface area contributed by atoms with Crippen LogP contribution >= 0.6 is 0 Å². The van der Waals surface area contributed by atoms with Gasteiger partial charge in [-0.2, -0.15) is 0 Å². The van der Waals surface area contributed by atoms with Gasteiger partial charge in [0.25, 0.3) is 0 Å². The quantitative estimate of drug-likeness (QED) is 0.875. The number of hydrogen-bond donors (Lipinski definition) is 1. The molecule has 18 heavy (non-hydrogen) atoms. The molecule has 5 nitrogen and oxygen atoms in total. The maximum absolute atomic E-state index is 5.28. The van der Waals surface area contributed by atoms with Crippen molar-refractivity contribution in [2.24, 2.45) is 0 Å². The molecule has 2 heterocycles. The van der Waals surface area contributed by atoms with Gasteiger partial charge in [-0.3, -0.25) is 4.98 Å². The molecule has 94 valence electrons. The standard InChI is InChI=1S/C13H16N4O/c1-3-6-14-12-8-10(16-9-17-12)13-11(18-2)5-4-7-15-13/h4-5,7-9H,3,6H2,1-2H3,(H,14,16,17). The molecule has 0 atom stereocenters. The summed E-state index contributed by atoms with van der Waals surface area (Å²) in [4.78, 5) is 12.7. The van der Waals surface area contributed by atoms with E-state index in [1.165, 1.54) is 6.33 Å². The molecule has 0 amide bonds. The Morgan fingerprint density at radius 1 is 1.28 bits per heavy atom. The number of rotatable bonds is 5. The molecule has 2 aromatic heterocycles. The Balaban J connectivity index is 2.32. The lowest BCUT2D eigenvalue weighted by Crippen LogP contribution is -2.03. The molecule has 0 radical (unpaired) electrons. The van der Waals surface area contributed by atoms with E-state index in [2.05, 4.69) is 27.2 Å². The van der Waals surface area contributed by atoms with Crippen molar-refractivity contribution in [2.75, 3.05) is 19.0 Å². The van der Waals surface area contributed by atoms with Crippen LogP contribution in [0.4, 0.5) is 5.82 Å². The second-order valence-corrected chi connectivity index (χ2v) is 3.77. The topological polar surface area (TPSA) is 59.9 Å². The zero-order valence-electron chi connectivity index (χ0n) is 10.6. The molecule has 5 heteroatoms. The second-order valence-electron chi connectivity index (χ2n) is 3.77. The lowest BCUT2D eigenvalue weighted by atomic mass is 10.2. The summed E-state index contributed by atoms with van der Waals surface area (Å²) in [6.45, 7) is 2.99. The van der Waals surface area contributed by atoms with Crippen LogP contribution in [-0.2, 0) is 0 Å². The molecule has 0 saturated heterocycles. The SMILES string of the molecule is CCCNc1cc(-c2ncccc2OC)ncn1. The molecule has 0 aliphatic carbocycles. The highest BCUT2D eigenvalue weighted by Crippen LogP contribution is 2.26. The van der Waals surface area contributed by atoms with E-state index in [-0.39, 0.29) is 0 Å². The molecule has 0 aliphatic heterocycles. The maximum Gasteiger partial charge on any atom is 0.146 e. The Morgan fingerprint density at radius 3 is 2.94 bits per heavy atom. The van der Waals surface area contributed by atoms with E-state index in [0.29, 0.717) is 5.75 Å². The van der Waals surface area contributed by atoms with E-state index in [4.69, 9.17) is 4.74 Å². The average molecular weight is 244 g/mol. The van der Waals surface area contributed by atoms with Gasteiger partial charge < -0.3 is 10.1 Å². The molecule has 0 saturated carbocycles. The number of aromatic nitrogens is 3. The van der Waals surface area contributed by atoms with Crippen LogP contribution in [0, 0.1) is 0 Å². The molecule has 0 bridgehead atoms. The summed E-state index contributed by atoms with van der Waals surface area (Å²) >= 11 is 0. The van der Waals surface area contributed by atoms with Crippen LogP contribution in [0.5, 0.6) is 5.75 Å². The summed E-state index contributed by atoms with van der Waals surface area (Å²) in [6, 6.07) is 5.57. The number of nitrogens with one attached hydrogen (secondary N) is 1. The number of ether oxygens (including phenoxy) is 1. The largest absolute Gasteiger partial charge is 0.494 e. The van der Waals surface area contributed by atoms with Crippen LogP contribution in [0.1, 0.15) is 13.3 Å². The molecular weight excluding hydrogens is 228 g/mol. The van der Waals surface area contributed by atoms with Crippen LogP contribution in [0.15, 0.2) is 30.7 Å². The number of methoxy groups -OCH3 is 1. The summed E-state index contributed by atoms with van der Waals surface area (Å²) in [6.07, 6.45) is 4.30. The minimum atomic E-state index is 0.706. The third-order valence-corrected chi connectivity index (χ3v) is 2.46. The summed E-state index contributed by atoms with van der Waals surface area (Å²) in [7, 11) is 1.62. The molecule has 0 fully saturated rings. The summed E-state index contributed by atoms with van der Waals surface area (Å²) in [5, 5.41) is 3.22. The fourth-order valence-corrected chi connectivity index (χ4v) is 1.58. The first-order valence-electron chi connectivity index (χ1n) is 5.90. The Morgan fingerprint density at radius 2 is 2.17 bits per heavy atom. The van der Waals surface area contributed by atoms with Gasteiger partial charge in [-0.25, -0.2) is 9.97 Å². The number of hydrogen-bond acceptors (Lipinski definition) is 5. The van der Waals surface area contributed by atoms with Gasteiger partial charge >= 0.3 is 0 Å². The molecule has 2 aromatic rings. The van der Waals surface area contributed by atoms with Gasteiger partial charge in [-0.1, -0.05) is 6.92 Å². The molecule has 0 spiro atoms. The van der Waals surface area contributed by atoms with Gasteiger partial charge in [-0.05, 0) is 18.6 Å². The zero-order valence-corrected chi connectivity index (χ0v) is 10.6. The van der Waals surface area contributed by atoms with Crippen molar-refractivity contribution in [1.82, 2.24) is 15.0 Å². The van der Waals surface area contributed by atoms with Crippen molar-refractivity contribution >= 4 is 5.82 Å². The molecule has 0 aliphatic rings. The summed E-state index contributed by atoms with van der Waals surface area (Å²) < 4.78 is 5.28. The summed E-state index contributed by atoms with van der Waals surface area (Å²) in [5.41, 5.74) is 1.48. The van der Waals surface area contributed by atoms with Crippen LogP contribution in [0.3, 0.4) is 0 Å². The third kappa shape index (κ3) is 2.74. The van der Waals surface area contributed by atoms with Crippen molar-refractivity contribution in [3.8, 4) is 17.1 Å². The Labute approximate surface area is 106 Å². The van der Waals surface area contributed by atoms with E-state index in [1.54, 1.807) is 13.3 Å². The van der Waals surface area contributed by atoms with Gasteiger partial charge in [0.2, 0.25) is 0 Å². The lowest BCUT2D eigenvalue weighted by Gasteiger charge is -2.08. The molecule has 0 unspecified atom stereocenters. The first-order chi connectivity index (χ1) is 8.85. The van der Waals surface area contributed by atoms with Crippen LogP contribution < -0.4 is 10.1 Å². The first-order valence-corrected chi connectivity index (χ1v) is 5.90. The third-order valence-electron chi connectivity index (χ3n) is 2.46. The fraction of sp³-hybridized carbons (Fsp3) is 0.308. The number of nitrogens with zero attached hydrogens (tertiary/aromatic N) is 3. The van der Waals surface area contributed by atoms with Crippen LogP contribution in [0.2, 0.25) is 0 Å². The minimum absolute atomic E-state index is 0.706. The first kappa shape index (κ1) is 12.3. The van der Waals surface area contributed by atoms with E-state index in [1.807, 2.05) is 18.2 Å². The summed E-state index contributed by atoms with van der Waals surface area (Å²) in [5.74, 6) is 1.51. The Bertz CT molecular complexity index is 516. The van der Waals surface area contributed by atoms with Gasteiger partial charge in [0, 0.05) is 18.8 Å². The predicted octanol–water partition coefficient (Wildman–Crippen LogP) is 2.37. The van der Waals surface area contributed by atoms with Crippen molar-refractivity contribution in [1.29, 1.82) is 0 Å². The predicted molar refractivity (Wildman–Crippen MR) is 70.6 cm³/mol. The monoisotopic (exact) mass is 244 g/mol. The highest BCUT2D eigenvalue weighted by molar-refractivity contribution is 5.64. The molecular formula is C13H16N4O. The van der Waals surface area contributed by atoms with Gasteiger partial charge in [0.05, 0.1) is 12.8 Å². The van der Waals surface area contributed by atoms with E-state index in [0.717, 1.165) is 30.2 Å². The Kier molecular flexibility index (Phi) is 4.06. The highest BCUT2D eigenvalue weighted by atomic mass is 16.5. The van der Waals surface area contributed by atoms with Crippen molar-refractivity contribution in [3.05, 3.63) is 30.7 Å². The number of anilines is 1. The molecule has 0 aromatic carbocycles. The zero-order chi connectivity index (χ0) is 12.8. The maximum atomic E-state index is 5.28. The molecule has 2 rings (SSSR count). The minimum Gasteiger partial charge on any atom is -0.494 e. The van der Waals surface area contributed by atoms with Gasteiger partial charge in [-0.15, -0.1) is 0 Å². The normalized spacial score (nSPS) is 10.1. The van der Waals surface area contributed by atoms with E-state index < -0.39 is 0 Å². The average Bonchev–Trinajstić information content (AvgIpc) is 2.45. The lowest BCUT2D eigenvalue weighted by molar-refractivity contribution is 0.414. The van der Waals surface area contributed by atoms with Crippen molar-refractivity contribution in [3.63, 3.8) is 0 Å². The second kappa shape index (κ2) is 5.95. The van der Waals surface area contributed by atoms with Crippen molar-refractivity contribution < 1.29 is 4.74 Å². The van der Waals surface area contributed by atoms with Gasteiger partial charge in [0.15, 0.2) is 0 Å². The fourth-order valence-electron chi connectivity index (χ4n) is 1.58.